The van der Waals surface area contributed by atoms with Crippen molar-refractivity contribution in [1.82, 2.24) is 0 Å². The summed E-state index contributed by atoms with van der Waals surface area (Å²) in [4.78, 5) is 0. The molecule has 1 rings (SSSR count). The van der Waals surface area contributed by atoms with E-state index in [1.807, 2.05) is 6.92 Å². The molecule has 0 saturated heterocycles. The zero-order valence-corrected chi connectivity index (χ0v) is 6.86. The van der Waals surface area contributed by atoms with Gasteiger partial charge in [0, 0.05) is 11.6 Å². The molecule has 0 amide bonds. The molecule has 0 unspecified atom stereocenters. The number of hydrogen-bond acceptors (Lipinski definition) is 1. The summed E-state index contributed by atoms with van der Waals surface area (Å²) in [5.74, 6) is 0.163. The minimum Gasteiger partial charge on any atom is -0.327 e. The standard InChI is InChI=1S/C8H12F3N/c1-5-2-3-6(4-7(5)12)8(9,10)11/h3,5,7H,2,4,12H2,1H3/t5-,7-/m0/s1. The molecule has 0 aliphatic heterocycles. The summed E-state index contributed by atoms with van der Waals surface area (Å²) in [6.45, 7) is 1.87. The zero-order valence-electron chi connectivity index (χ0n) is 6.86. The Morgan fingerprint density at radius 3 is 2.50 bits per heavy atom. The second-order valence-corrected chi connectivity index (χ2v) is 3.31. The summed E-state index contributed by atoms with van der Waals surface area (Å²) in [7, 11) is 0. The number of nitrogens with two attached hydrogens (primary N) is 1. The third kappa shape index (κ3) is 2.00. The second-order valence-electron chi connectivity index (χ2n) is 3.31. The Balaban J connectivity index is 2.71. The lowest BCUT2D eigenvalue weighted by atomic mass is 9.86. The van der Waals surface area contributed by atoms with Gasteiger partial charge in [-0.05, 0) is 18.8 Å². The van der Waals surface area contributed by atoms with E-state index in [1.54, 1.807) is 0 Å². The topological polar surface area (TPSA) is 26.0 Å². The van der Waals surface area contributed by atoms with E-state index in [2.05, 4.69) is 0 Å². The van der Waals surface area contributed by atoms with Crippen LogP contribution in [0, 0.1) is 5.92 Å². The molecule has 70 valence electrons. The molecule has 0 heterocycles. The first kappa shape index (κ1) is 9.58. The van der Waals surface area contributed by atoms with Gasteiger partial charge in [-0.25, -0.2) is 0 Å². The van der Waals surface area contributed by atoms with Crippen molar-refractivity contribution < 1.29 is 13.2 Å². The smallest absolute Gasteiger partial charge is 0.327 e. The van der Waals surface area contributed by atoms with Crippen molar-refractivity contribution >= 4 is 0 Å². The van der Waals surface area contributed by atoms with Crippen LogP contribution in [0.25, 0.3) is 0 Å². The van der Waals surface area contributed by atoms with Crippen molar-refractivity contribution in [3.8, 4) is 0 Å². The lowest BCUT2D eigenvalue weighted by molar-refractivity contribution is -0.0961. The first-order valence-electron chi connectivity index (χ1n) is 3.93. The van der Waals surface area contributed by atoms with E-state index in [9.17, 15) is 13.2 Å². The van der Waals surface area contributed by atoms with Crippen molar-refractivity contribution in [1.29, 1.82) is 0 Å². The van der Waals surface area contributed by atoms with E-state index < -0.39 is 11.7 Å². The van der Waals surface area contributed by atoms with E-state index in [-0.39, 0.29) is 18.4 Å². The van der Waals surface area contributed by atoms with Gasteiger partial charge < -0.3 is 5.73 Å². The Kier molecular flexibility index (Phi) is 2.46. The maximum absolute atomic E-state index is 12.1. The molecule has 1 aliphatic rings. The molecule has 0 aromatic heterocycles. The molecule has 12 heavy (non-hydrogen) atoms. The lowest BCUT2D eigenvalue weighted by Crippen LogP contribution is -2.34. The highest BCUT2D eigenvalue weighted by Gasteiger charge is 2.36. The molecule has 2 atom stereocenters. The first-order valence-corrected chi connectivity index (χ1v) is 3.93. The number of rotatable bonds is 0. The van der Waals surface area contributed by atoms with Crippen molar-refractivity contribution in [2.75, 3.05) is 0 Å². The number of allylic oxidation sites excluding steroid dienone is 1. The summed E-state index contributed by atoms with van der Waals surface area (Å²) in [5.41, 5.74) is 5.06. The molecular weight excluding hydrogens is 167 g/mol. The highest BCUT2D eigenvalue weighted by Crippen LogP contribution is 2.34. The van der Waals surface area contributed by atoms with Gasteiger partial charge in [-0.3, -0.25) is 0 Å². The summed E-state index contributed by atoms with van der Waals surface area (Å²) in [6, 6.07) is -0.341. The van der Waals surface area contributed by atoms with E-state index in [4.69, 9.17) is 5.73 Å². The molecular formula is C8H12F3N. The number of alkyl halides is 3. The van der Waals surface area contributed by atoms with Crippen LogP contribution in [0.1, 0.15) is 19.8 Å². The third-order valence-electron chi connectivity index (χ3n) is 2.29. The largest absolute Gasteiger partial charge is 0.412 e. The minimum absolute atomic E-state index is 0.0370. The van der Waals surface area contributed by atoms with Gasteiger partial charge in [0.05, 0.1) is 0 Å². The zero-order chi connectivity index (χ0) is 9.35. The van der Waals surface area contributed by atoms with Gasteiger partial charge in [-0.2, -0.15) is 13.2 Å². The van der Waals surface area contributed by atoms with E-state index in [0.29, 0.717) is 6.42 Å². The summed E-state index contributed by atoms with van der Waals surface area (Å²) >= 11 is 0. The normalized spacial score (nSPS) is 31.6. The molecule has 0 spiro atoms. The molecule has 0 saturated carbocycles. The van der Waals surface area contributed by atoms with Crippen LogP contribution in [0.5, 0.6) is 0 Å². The van der Waals surface area contributed by atoms with Crippen LogP contribution < -0.4 is 5.73 Å². The Morgan fingerprint density at radius 1 is 1.50 bits per heavy atom. The quantitative estimate of drug-likeness (QED) is 0.567. The molecule has 2 N–H and O–H groups in total. The van der Waals surface area contributed by atoms with Crippen LogP contribution in [0.4, 0.5) is 13.2 Å². The van der Waals surface area contributed by atoms with Gasteiger partial charge in [-0.1, -0.05) is 13.0 Å². The van der Waals surface area contributed by atoms with Crippen LogP contribution in [0.2, 0.25) is 0 Å². The monoisotopic (exact) mass is 179 g/mol. The highest BCUT2D eigenvalue weighted by atomic mass is 19.4. The SMILES string of the molecule is C[C@H]1CC=C(C(F)(F)F)C[C@@H]1N. The van der Waals surface area contributed by atoms with Crippen LogP contribution in [0.15, 0.2) is 11.6 Å². The lowest BCUT2D eigenvalue weighted by Gasteiger charge is -2.26. The predicted octanol–water partition coefficient (Wildman–Crippen LogP) is 2.23. The number of halogens is 3. The van der Waals surface area contributed by atoms with E-state index in [1.165, 1.54) is 6.08 Å². The van der Waals surface area contributed by atoms with Gasteiger partial charge in [0.25, 0.3) is 0 Å². The van der Waals surface area contributed by atoms with Crippen molar-refractivity contribution in [3.05, 3.63) is 11.6 Å². The van der Waals surface area contributed by atoms with Gasteiger partial charge in [0.1, 0.15) is 0 Å². The Morgan fingerprint density at radius 2 is 2.08 bits per heavy atom. The fraction of sp³-hybridized carbons (Fsp3) is 0.750. The van der Waals surface area contributed by atoms with Gasteiger partial charge >= 0.3 is 6.18 Å². The highest BCUT2D eigenvalue weighted by molar-refractivity contribution is 5.14. The Bertz CT molecular complexity index is 195. The van der Waals surface area contributed by atoms with Gasteiger partial charge in [0.15, 0.2) is 0 Å². The average Bonchev–Trinajstić information content (AvgIpc) is 1.92. The van der Waals surface area contributed by atoms with Gasteiger partial charge in [-0.15, -0.1) is 0 Å². The molecule has 1 aliphatic carbocycles. The summed E-state index contributed by atoms with van der Waals surface area (Å²) in [6.07, 6.45) is -2.52. The molecule has 0 bridgehead atoms. The van der Waals surface area contributed by atoms with Gasteiger partial charge in [0.2, 0.25) is 0 Å². The maximum Gasteiger partial charge on any atom is 0.412 e. The molecule has 1 nitrogen and oxygen atoms in total. The first-order chi connectivity index (χ1) is 5.41. The molecule has 4 heteroatoms. The summed E-state index contributed by atoms with van der Waals surface area (Å²) in [5, 5.41) is 0. The molecule has 0 aromatic rings. The molecule has 0 radical (unpaired) electrons. The van der Waals surface area contributed by atoms with Crippen molar-refractivity contribution in [2.24, 2.45) is 11.7 Å². The van der Waals surface area contributed by atoms with Crippen LogP contribution >= 0.6 is 0 Å². The maximum atomic E-state index is 12.1. The van der Waals surface area contributed by atoms with Crippen molar-refractivity contribution in [2.45, 2.75) is 32.0 Å². The van der Waals surface area contributed by atoms with Crippen LogP contribution in [0.3, 0.4) is 0 Å². The Labute approximate surface area is 69.4 Å². The molecule has 0 aromatic carbocycles. The second kappa shape index (κ2) is 3.09. The van der Waals surface area contributed by atoms with Crippen molar-refractivity contribution in [3.63, 3.8) is 0 Å². The fourth-order valence-electron chi connectivity index (χ4n) is 1.27. The van der Waals surface area contributed by atoms with Crippen LogP contribution in [-0.2, 0) is 0 Å². The van der Waals surface area contributed by atoms with E-state index >= 15 is 0 Å². The molecule has 0 fully saturated rings. The Hall–Kier alpha value is -0.510. The fourth-order valence-corrected chi connectivity index (χ4v) is 1.27. The predicted molar refractivity (Wildman–Crippen MR) is 40.5 cm³/mol. The average molecular weight is 179 g/mol. The summed E-state index contributed by atoms with van der Waals surface area (Å²) < 4.78 is 36.4. The third-order valence-corrected chi connectivity index (χ3v) is 2.29. The minimum atomic E-state index is -4.18. The van der Waals surface area contributed by atoms with E-state index in [0.717, 1.165) is 0 Å². The number of hydrogen-bond donors (Lipinski definition) is 1. The van der Waals surface area contributed by atoms with Crippen LogP contribution in [-0.4, -0.2) is 12.2 Å².